The van der Waals surface area contributed by atoms with E-state index in [1.165, 1.54) is 0 Å². The highest BCUT2D eigenvalue weighted by atomic mass is 16.7. The summed E-state index contributed by atoms with van der Waals surface area (Å²) in [6.07, 6.45) is 3.15. The molecule has 0 bridgehead atoms. The van der Waals surface area contributed by atoms with Crippen molar-refractivity contribution >= 4 is 5.71 Å². The predicted octanol–water partition coefficient (Wildman–Crippen LogP) is 2.70. The summed E-state index contributed by atoms with van der Waals surface area (Å²) in [7, 11) is 0. The molecule has 1 saturated heterocycles. The van der Waals surface area contributed by atoms with E-state index in [9.17, 15) is 0 Å². The molecule has 1 aromatic rings. The van der Waals surface area contributed by atoms with Gasteiger partial charge in [-0.05, 0) is 44.4 Å². The van der Waals surface area contributed by atoms with Crippen LogP contribution in [0, 0.1) is 0 Å². The van der Waals surface area contributed by atoms with E-state index in [0.717, 1.165) is 48.6 Å². The van der Waals surface area contributed by atoms with Crippen molar-refractivity contribution in [1.82, 2.24) is 0 Å². The molecule has 0 spiro atoms. The number of nitrogens with zero attached hydrogens (tertiary/aromatic N) is 1. The Morgan fingerprint density at radius 2 is 2.14 bits per heavy atom. The second-order valence-corrected chi connectivity index (χ2v) is 5.24. The van der Waals surface area contributed by atoms with E-state index in [4.69, 9.17) is 23.8 Å². The molecule has 0 amide bonds. The molecule has 2 heterocycles. The Labute approximate surface area is 129 Å². The van der Waals surface area contributed by atoms with Gasteiger partial charge in [-0.15, -0.1) is 0 Å². The first-order chi connectivity index (χ1) is 10.8. The van der Waals surface area contributed by atoms with Gasteiger partial charge in [-0.25, -0.2) is 0 Å². The zero-order valence-corrected chi connectivity index (χ0v) is 12.7. The highest BCUT2D eigenvalue weighted by Gasteiger charge is 2.15. The van der Waals surface area contributed by atoms with Gasteiger partial charge in [0.05, 0.1) is 12.3 Å². The van der Waals surface area contributed by atoms with Gasteiger partial charge in [-0.3, -0.25) is 0 Å². The van der Waals surface area contributed by atoms with E-state index < -0.39 is 0 Å². The van der Waals surface area contributed by atoms with Gasteiger partial charge in [0.15, 0.2) is 17.8 Å². The number of hydrogen-bond donors (Lipinski definition) is 0. The summed E-state index contributed by atoms with van der Waals surface area (Å²) in [6.45, 7) is 3.83. The Morgan fingerprint density at radius 1 is 1.23 bits per heavy atom. The van der Waals surface area contributed by atoms with E-state index in [1.54, 1.807) is 0 Å². The predicted molar refractivity (Wildman–Crippen MR) is 80.3 cm³/mol. The van der Waals surface area contributed by atoms with Gasteiger partial charge in [-0.1, -0.05) is 5.16 Å². The first kappa shape index (κ1) is 15.1. The largest absolute Gasteiger partial charge is 0.454 e. The van der Waals surface area contributed by atoms with Crippen molar-refractivity contribution < 1.29 is 23.8 Å². The van der Waals surface area contributed by atoms with Crippen LogP contribution in [-0.4, -0.2) is 38.6 Å². The van der Waals surface area contributed by atoms with Crippen molar-refractivity contribution in [1.29, 1.82) is 0 Å². The van der Waals surface area contributed by atoms with Crippen LogP contribution in [0.3, 0.4) is 0 Å². The van der Waals surface area contributed by atoms with Crippen LogP contribution in [0.4, 0.5) is 0 Å². The number of rotatable bonds is 6. The van der Waals surface area contributed by atoms with Gasteiger partial charge in [0.1, 0.15) is 6.61 Å². The van der Waals surface area contributed by atoms with Crippen molar-refractivity contribution in [2.75, 3.05) is 26.6 Å². The summed E-state index contributed by atoms with van der Waals surface area (Å²) >= 11 is 0. The van der Waals surface area contributed by atoms with Crippen molar-refractivity contribution in [2.45, 2.75) is 32.5 Å². The maximum Gasteiger partial charge on any atom is 0.231 e. The molecule has 1 unspecified atom stereocenters. The number of fused-ring (bicyclic) bond motifs is 1. The quantitative estimate of drug-likeness (QED) is 0.459. The van der Waals surface area contributed by atoms with Crippen LogP contribution < -0.4 is 9.47 Å². The van der Waals surface area contributed by atoms with E-state index in [0.29, 0.717) is 13.2 Å². The van der Waals surface area contributed by atoms with E-state index in [1.807, 2.05) is 25.1 Å². The van der Waals surface area contributed by atoms with Crippen LogP contribution in [-0.2, 0) is 14.3 Å². The standard InChI is InChI=1S/C16H21NO5/c1-12(13-5-6-14-15(10-13)21-11-20-14)17-22-9-8-19-16-4-2-3-7-18-16/h5-6,10,16H,2-4,7-9,11H2,1H3. The highest BCUT2D eigenvalue weighted by molar-refractivity contribution is 5.98. The molecule has 1 aromatic carbocycles. The lowest BCUT2D eigenvalue weighted by atomic mass is 10.1. The number of hydrogen-bond acceptors (Lipinski definition) is 6. The van der Waals surface area contributed by atoms with E-state index in [-0.39, 0.29) is 13.1 Å². The number of ether oxygens (including phenoxy) is 4. The molecular formula is C16H21NO5. The molecule has 3 rings (SSSR count). The van der Waals surface area contributed by atoms with Crippen LogP contribution in [0.15, 0.2) is 23.4 Å². The Bertz CT molecular complexity index is 525. The normalized spacial score (nSPS) is 21.0. The molecule has 0 N–H and O–H groups in total. The molecule has 0 aliphatic carbocycles. The minimum atomic E-state index is -0.0868. The second kappa shape index (κ2) is 7.47. The van der Waals surface area contributed by atoms with Gasteiger partial charge in [0, 0.05) is 12.2 Å². The SMILES string of the molecule is CC(=NOCCOC1CCCCO1)c1ccc2c(c1)OCO2. The average Bonchev–Trinajstić information content (AvgIpc) is 3.03. The van der Waals surface area contributed by atoms with Crippen molar-refractivity contribution in [2.24, 2.45) is 5.16 Å². The molecule has 0 radical (unpaired) electrons. The molecule has 0 saturated carbocycles. The van der Waals surface area contributed by atoms with Crippen LogP contribution in [0.1, 0.15) is 31.7 Å². The Balaban J connectivity index is 1.42. The van der Waals surface area contributed by atoms with Crippen molar-refractivity contribution in [3.63, 3.8) is 0 Å². The summed E-state index contributed by atoms with van der Waals surface area (Å²) in [4.78, 5) is 5.30. The monoisotopic (exact) mass is 307 g/mol. The van der Waals surface area contributed by atoms with Gasteiger partial charge in [0.2, 0.25) is 6.79 Å². The molecule has 120 valence electrons. The van der Waals surface area contributed by atoms with Crippen molar-refractivity contribution in [3.8, 4) is 11.5 Å². The Morgan fingerprint density at radius 3 is 3.00 bits per heavy atom. The van der Waals surface area contributed by atoms with E-state index in [2.05, 4.69) is 5.16 Å². The summed E-state index contributed by atoms with van der Waals surface area (Å²) in [6, 6.07) is 5.71. The zero-order chi connectivity index (χ0) is 15.2. The summed E-state index contributed by atoms with van der Waals surface area (Å²) in [5, 5.41) is 4.10. The maximum atomic E-state index is 5.58. The third kappa shape index (κ3) is 3.90. The van der Waals surface area contributed by atoms with Gasteiger partial charge in [0.25, 0.3) is 0 Å². The second-order valence-electron chi connectivity index (χ2n) is 5.24. The molecule has 2 aliphatic heterocycles. The summed E-state index contributed by atoms with van der Waals surface area (Å²) in [5.74, 6) is 1.50. The molecule has 1 fully saturated rings. The lowest BCUT2D eigenvalue weighted by molar-refractivity contribution is -0.169. The van der Waals surface area contributed by atoms with E-state index >= 15 is 0 Å². The number of benzene rings is 1. The Kier molecular flexibility index (Phi) is 5.13. The number of oxime groups is 1. The summed E-state index contributed by atoms with van der Waals surface area (Å²) in [5.41, 5.74) is 1.73. The van der Waals surface area contributed by atoms with Crippen molar-refractivity contribution in [3.05, 3.63) is 23.8 Å². The molecular weight excluding hydrogens is 286 g/mol. The minimum Gasteiger partial charge on any atom is -0.454 e. The lowest BCUT2D eigenvalue weighted by Crippen LogP contribution is -2.23. The van der Waals surface area contributed by atoms with Crippen LogP contribution in [0.25, 0.3) is 0 Å². The fraction of sp³-hybridized carbons (Fsp3) is 0.562. The average molecular weight is 307 g/mol. The highest BCUT2D eigenvalue weighted by Crippen LogP contribution is 2.32. The maximum absolute atomic E-state index is 5.58. The molecule has 6 nitrogen and oxygen atoms in total. The molecule has 22 heavy (non-hydrogen) atoms. The molecule has 2 aliphatic rings. The van der Waals surface area contributed by atoms with Gasteiger partial charge in [-0.2, -0.15) is 0 Å². The molecule has 6 heteroatoms. The smallest absolute Gasteiger partial charge is 0.231 e. The van der Waals surface area contributed by atoms with Gasteiger partial charge >= 0.3 is 0 Å². The fourth-order valence-corrected chi connectivity index (χ4v) is 2.38. The first-order valence-electron chi connectivity index (χ1n) is 7.63. The topological polar surface area (TPSA) is 58.5 Å². The third-order valence-electron chi connectivity index (χ3n) is 3.61. The third-order valence-corrected chi connectivity index (χ3v) is 3.61. The van der Waals surface area contributed by atoms with Crippen LogP contribution in [0.2, 0.25) is 0 Å². The summed E-state index contributed by atoms with van der Waals surface area (Å²) < 4.78 is 21.7. The molecule has 1 atom stereocenters. The van der Waals surface area contributed by atoms with Gasteiger partial charge < -0.3 is 23.8 Å². The fourth-order valence-electron chi connectivity index (χ4n) is 2.38. The Hall–Kier alpha value is -1.79. The zero-order valence-electron chi connectivity index (χ0n) is 12.7. The minimum absolute atomic E-state index is 0.0868. The van der Waals surface area contributed by atoms with Crippen LogP contribution >= 0.6 is 0 Å². The lowest BCUT2D eigenvalue weighted by Gasteiger charge is -2.22. The van der Waals surface area contributed by atoms with Crippen LogP contribution in [0.5, 0.6) is 11.5 Å². The molecule has 0 aromatic heterocycles. The first-order valence-corrected chi connectivity index (χ1v) is 7.63.